The number of hydrogen-bond donors (Lipinski definition) is 0. The van der Waals surface area contributed by atoms with Crippen LogP contribution in [0.3, 0.4) is 0 Å². The van der Waals surface area contributed by atoms with E-state index in [4.69, 9.17) is 4.98 Å². The summed E-state index contributed by atoms with van der Waals surface area (Å²) in [6, 6.07) is 10.8. The molecule has 0 radical (unpaired) electrons. The summed E-state index contributed by atoms with van der Waals surface area (Å²) in [6.45, 7) is 10.4. The van der Waals surface area contributed by atoms with Crippen molar-refractivity contribution < 1.29 is 0 Å². The van der Waals surface area contributed by atoms with E-state index in [0.717, 1.165) is 26.1 Å². The lowest BCUT2D eigenvalue weighted by Crippen LogP contribution is -2.46. The average molecular weight is 657 g/mol. The van der Waals surface area contributed by atoms with Crippen LogP contribution in [-0.2, 0) is 12.8 Å². The zero-order chi connectivity index (χ0) is 20.3. The largest absolute Gasteiger partial charge is 0.346 e. The first kappa shape index (κ1) is 32.0. The van der Waals surface area contributed by atoms with Crippen LogP contribution >= 0.6 is 62.3 Å². The number of nitrogens with zero attached hydrogens (tertiary/aromatic N) is 4. The van der Waals surface area contributed by atoms with Crippen molar-refractivity contribution >= 4 is 67.4 Å². The highest BCUT2D eigenvalue weighted by molar-refractivity contribution is 8.93. The van der Waals surface area contributed by atoms with Crippen molar-refractivity contribution in [3.8, 4) is 0 Å². The van der Waals surface area contributed by atoms with Gasteiger partial charge in [0.15, 0.2) is 5.13 Å². The Kier molecular flexibility index (Phi) is 18.4. The topological polar surface area (TPSA) is 22.6 Å². The Labute approximate surface area is 231 Å². The highest BCUT2D eigenvalue weighted by Crippen LogP contribution is 2.22. The van der Waals surface area contributed by atoms with E-state index in [-0.39, 0.29) is 50.9 Å². The van der Waals surface area contributed by atoms with Gasteiger partial charge in [-0.25, -0.2) is 4.98 Å². The Bertz CT molecular complexity index is 694. The predicted octanol–water partition coefficient (Wildman–Crippen LogP) is 6.30. The number of rotatable bonds is 12. The molecule has 0 amide bonds. The van der Waals surface area contributed by atoms with E-state index < -0.39 is 0 Å². The van der Waals surface area contributed by atoms with Gasteiger partial charge in [-0.1, -0.05) is 43.7 Å². The number of anilines is 1. The van der Waals surface area contributed by atoms with Crippen molar-refractivity contribution in [2.45, 2.75) is 45.4 Å². The first-order valence-electron chi connectivity index (χ1n) is 11.4. The molecule has 1 fully saturated rings. The molecule has 32 heavy (non-hydrogen) atoms. The van der Waals surface area contributed by atoms with E-state index >= 15 is 0 Å². The third-order valence-corrected chi connectivity index (χ3v) is 6.77. The summed E-state index contributed by atoms with van der Waals surface area (Å²) >= 11 is 1.82. The molecule has 8 heteroatoms. The molecule has 2 aromatic rings. The number of piperazine rings is 1. The fourth-order valence-electron chi connectivity index (χ4n) is 3.98. The number of halogens is 3. The van der Waals surface area contributed by atoms with Crippen LogP contribution in [0.25, 0.3) is 0 Å². The predicted molar refractivity (Wildman–Crippen MR) is 157 cm³/mol. The summed E-state index contributed by atoms with van der Waals surface area (Å²) in [5.41, 5.74) is 2.73. The van der Waals surface area contributed by atoms with Crippen LogP contribution in [0.2, 0.25) is 0 Å². The fraction of sp³-hybridized carbons (Fsp3) is 0.625. The van der Waals surface area contributed by atoms with Gasteiger partial charge in [0.25, 0.3) is 0 Å². The summed E-state index contributed by atoms with van der Waals surface area (Å²) in [4.78, 5) is 12.4. The quantitative estimate of drug-likeness (QED) is 0.250. The van der Waals surface area contributed by atoms with Crippen LogP contribution < -0.4 is 4.90 Å². The maximum atomic E-state index is 4.92. The molecule has 0 aliphatic carbocycles. The van der Waals surface area contributed by atoms with Crippen molar-refractivity contribution in [3.63, 3.8) is 0 Å². The monoisotopic (exact) mass is 654 g/mol. The summed E-state index contributed by atoms with van der Waals surface area (Å²) in [5, 5.41) is 3.49. The highest BCUT2D eigenvalue weighted by Gasteiger charge is 2.18. The van der Waals surface area contributed by atoms with Crippen LogP contribution in [0.1, 0.15) is 43.9 Å². The number of hydrogen-bond acceptors (Lipinski definition) is 5. The van der Waals surface area contributed by atoms with Gasteiger partial charge < -0.3 is 9.80 Å². The van der Waals surface area contributed by atoms with Crippen LogP contribution in [-0.4, -0.2) is 67.6 Å². The summed E-state index contributed by atoms with van der Waals surface area (Å²) < 4.78 is 0. The number of thiazole rings is 1. The molecular formula is C24H41Br3N4S. The van der Waals surface area contributed by atoms with Gasteiger partial charge in [0.1, 0.15) is 0 Å². The molecule has 0 atom stereocenters. The fourth-order valence-corrected chi connectivity index (χ4v) is 4.90. The second-order valence-corrected chi connectivity index (χ2v) is 9.14. The maximum Gasteiger partial charge on any atom is 0.185 e. The van der Waals surface area contributed by atoms with Gasteiger partial charge in [-0.2, -0.15) is 0 Å². The molecule has 0 saturated carbocycles. The van der Waals surface area contributed by atoms with Crippen LogP contribution in [0.4, 0.5) is 5.13 Å². The van der Waals surface area contributed by atoms with Crippen molar-refractivity contribution in [2.75, 3.05) is 57.8 Å². The van der Waals surface area contributed by atoms with Crippen molar-refractivity contribution in [1.82, 2.24) is 14.8 Å². The van der Waals surface area contributed by atoms with E-state index in [2.05, 4.69) is 64.4 Å². The average Bonchev–Trinajstić information content (AvgIpc) is 3.23. The van der Waals surface area contributed by atoms with E-state index in [9.17, 15) is 0 Å². The highest BCUT2D eigenvalue weighted by atomic mass is 79.9. The zero-order valence-electron chi connectivity index (χ0n) is 19.6. The van der Waals surface area contributed by atoms with Crippen LogP contribution in [0.5, 0.6) is 0 Å². The molecule has 1 aliphatic rings. The number of aromatic nitrogens is 1. The Hall–Kier alpha value is 0.01000. The second kappa shape index (κ2) is 18.4. The molecule has 184 valence electrons. The van der Waals surface area contributed by atoms with Gasteiger partial charge >= 0.3 is 0 Å². The zero-order valence-corrected chi connectivity index (χ0v) is 25.5. The molecule has 0 N–H and O–H groups in total. The van der Waals surface area contributed by atoms with Gasteiger partial charge in [-0.05, 0) is 51.4 Å². The molecule has 0 bridgehead atoms. The van der Waals surface area contributed by atoms with Crippen molar-refractivity contribution in [3.05, 3.63) is 47.0 Å². The van der Waals surface area contributed by atoms with E-state index in [1.807, 2.05) is 11.3 Å². The standard InChI is InChI=1S/C24H38N4S.3BrH/c1-3-14-27-17-19-28(20-18-27)24-25-23(21-29-24)13-16-26(2)15-9-5-8-12-22-10-6-4-7-11-22;;;/h4,6-7,10-11,21H,3,5,8-9,12-20H2,1-2H3;3*1H. The van der Waals surface area contributed by atoms with Gasteiger partial charge in [-0.15, -0.1) is 62.3 Å². The summed E-state index contributed by atoms with van der Waals surface area (Å²) in [6.07, 6.45) is 7.41. The minimum Gasteiger partial charge on any atom is -0.346 e. The van der Waals surface area contributed by atoms with E-state index in [1.165, 1.54) is 74.7 Å². The Morgan fingerprint density at radius 2 is 1.62 bits per heavy atom. The first-order valence-corrected chi connectivity index (χ1v) is 12.3. The van der Waals surface area contributed by atoms with Crippen LogP contribution in [0.15, 0.2) is 35.7 Å². The Morgan fingerprint density at radius 3 is 2.31 bits per heavy atom. The summed E-state index contributed by atoms with van der Waals surface area (Å²) in [7, 11) is 2.25. The number of unbranched alkanes of at least 4 members (excludes halogenated alkanes) is 2. The molecule has 1 aromatic heterocycles. The lowest BCUT2D eigenvalue weighted by Gasteiger charge is -2.34. The van der Waals surface area contributed by atoms with Gasteiger partial charge in [0, 0.05) is 44.5 Å². The van der Waals surface area contributed by atoms with E-state index in [1.54, 1.807) is 0 Å². The smallest absolute Gasteiger partial charge is 0.185 e. The Morgan fingerprint density at radius 1 is 0.906 bits per heavy atom. The summed E-state index contributed by atoms with van der Waals surface area (Å²) in [5.74, 6) is 0. The third-order valence-electron chi connectivity index (χ3n) is 5.82. The molecule has 0 unspecified atom stereocenters. The molecule has 3 rings (SSSR count). The minimum atomic E-state index is 0. The van der Waals surface area contributed by atoms with Gasteiger partial charge in [0.2, 0.25) is 0 Å². The number of aryl methyl sites for hydroxylation is 1. The maximum absolute atomic E-state index is 4.92. The third kappa shape index (κ3) is 11.4. The first-order chi connectivity index (χ1) is 14.2. The molecular weight excluding hydrogens is 616 g/mol. The van der Waals surface area contributed by atoms with Gasteiger partial charge in [-0.3, -0.25) is 4.90 Å². The second-order valence-electron chi connectivity index (χ2n) is 8.30. The molecule has 1 aromatic carbocycles. The SMILES string of the molecule is Br.Br.Br.CCCN1CCN(c2nc(CCN(C)CCCCCc3ccccc3)cs2)CC1. The van der Waals surface area contributed by atoms with Crippen LogP contribution in [0, 0.1) is 0 Å². The molecule has 1 aliphatic heterocycles. The number of benzene rings is 1. The van der Waals surface area contributed by atoms with Crippen molar-refractivity contribution in [2.24, 2.45) is 0 Å². The number of likely N-dealkylation sites (N-methyl/N-ethyl adjacent to an activating group) is 1. The lowest BCUT2D eigenvalue weighted by atomic mass is 10.1. The van der Waals surface area contributed by atoms with E-state index in [0.29, 0.717) is 0 Å². The molecule has 1 saturated heterocycles. The van der Waals surface area contributed by atoms with Gasteiger partial charge in [0.05, 0.1) is 5.69 Å². The molecule has 2 heterocycles. The normalized spacial score (nSPS) is 13.9. The molecule has 4 nitrogen and oxygen atoms in total. The molecule has 0 spiro atoms. The Balaban J connectivity index is 0.00000320. The minimum absolute atomic E-state index is 0. The lowest BCUT2D eigenvalue weighted by molar-refractivity contribution is 0.258. The van der Waals surface area contributed by atoms with Crippen molar-refractivity contribution in [1.29, 1.82) is 0 Å².